The lowest BCUT2D eigenvalue weighted by Crippen LogP contribution is -2.14. The molecule has 2 N–H and O–H groups in total. The molecule has 132 valence electrons. The highest BCUT2D eigenvalue weighted by Gasteiger charge is 2.33. The van der Waals surface area contributed by atoms with E-state index in [2.05, 4.69) is 15.0 Å². The molecular formula is C15H15F2N4O3S+. The van der Waals surface area contributed by atoms with E-state index < -0.39 is 21.8 Å². The summed E-state index contributed by atoms with van der Waals surface area (Å²) in [6.07, 6.45) is 3.78. The molecule has 0 aromatic carbocycles. The summed E-state index contributed by atoms with van der Waals surface area (Å²) in [6, 6.07) is 2.29. The zero-order valence-corrected chi connectivity index (χ0v) is 14.2. The van der Waals surface area contributed by atoms with Crippen LogP contribution in [-0.4, -0.2) is 34.8 Å². The summed E-state index contributed by atoms with van der Waals surface area (Å²) in [5, 5.41) is 9.59. The number of imidazole rings is 1. The summed E-state index contributed by atoms with van der Waals surface area (Å²) < 4.78 is 50.7. The highest BCUT2D eigenvalue weighted by atomic mass is 32.3. The van der Waals surface area contributed by atoms with Crippen LogP contribution in [0.15, 0.2) is 35.7 Å². The Labute approximate surface area is 142 Å². The number of pyridine rings is 1. The number of fused-ring (bicyclic) bond motifs is 1. The van der Waals surface area contributed by atoms with Gasteiger partial charge in [0.1, 0.15) is 40.6 Å². The number of hydrogen-bond donors (Lipinski definition) is 2. The van der Waals surface area contributed by atoms with Gasteiger partial charge in [-0.05, 0) is 6.92 Å². The first-order chi connectivity index (χ1) is 11.6. The molecule has 1 atom stereocenters. The van der Waals surface area contributed by atoms with Gasteiger partial charge in [0.2, 0.25) is 15.1 Å². The third kappa shape index (κ3) is 3.22. The molecule has 10 heteroatoms. The minimum absolute atomic E-state index is 0.0626. The molecule has 7 nitrogen and oxygen atoms in total. The van der Waals surface area contributed by atoms with Gasteiger partial charge in [-0.15, -0.1) is 0 Å². The minimum Gasteiger partial charge on any atom is -0.506 e. The SMILES string of the molecule is CC[S+](=O)(O)c1cc(O)cnc1-c1cn2cnc(C(C)(F)F)cc2n1. The van der Waals surface area contributed by atoms with Crippen molar-refractivity contribution < 1.29 is 22.6 Å². The molecule has 0 aliphatic rings. The van der Waals surface area contributed by atoms with Crippen LogP contribution in [0.3, 0.4) is 0 Å². The first-order valence-corrected chi connectivity index (χ1v) is 8.97. The predicted molar refractivity (Wildman–Crippen MR) is 86.9 cm³/mol. The Morgan fingerprint density at radius 2 is 2.04 bits per heavy atom. The molecule has 3 heterocycles. The van der Waals surface area contributed by atoms with Crippen molar-refractivity contribution in [2.45, 2.75) is 24.7 Å². The third-order valence-corrected chi connectivity index (χ3v) is 5.39. The van der Waals surface area contributed by atoms with Gasteiger partial charge in [0.15, 0.2) is 0 Å². The second-order valence-electron chi connectivity index (χ2n) is 5.52. The normalized spacial score (nSPS) is 14.6. The standard InChI is InChI=1S/C15H14F2N4O3S/c1-3-25(23,24)11-4-9(22)6-18-14(11)10-7-21-8-19-12(15(2,16)17)5-13(21)20-10/h4-8H,3H2,1-2H3,(H-,22,23,24)/p+1. The third-order valence-electron chi connectivity index (χ3n) is 3.61. The molecular weight excluding hydrogens is 354 g/mol. The fourth-order valence-corrected chi connectivity index (χ4v) is 3.35. The number of rotatable bonds is 4. The molecule has 0 fully saturated rings. The summed E-state index contributed by atoms with van der Waals surface area (Å²) >= 11 is 0. The predicted octanol–water partition coefficient (Wildman–Crippen LogP) is 2.96. The van der Waals surface area contributed by atoms with Crippen molar-refractivity contribution in [1.82, 2.24) is 19.4 Å². The molecule has 3 aromatic heterocycles. The summed E-state index contributed by atoms with van der Waals surface area (Å²) in [6.45, 7) is 2.26. The second-order valence-corrected chi connectivity index (χ2v) is 7.82. The average molecular weight is 369 g/mol. The van der Waals surface area contributed by atoms with Crippen LogP contribution >= 0.6 is 0 Å². The molecule has 25 heavy (non-hydrogen) atoms. The van der Waals surface area contributed by atoms with Crippen molar-refractivity contribution in [3.63, 3.8) is 0 Å². The van der Waals surface area contributed by atoms with Gasteiger partial charge < -0.3 is 5.11 Å². The van der Waals surface area contributed by atoms with Gasteiger partial charge in [0, 0.05) is 25.3 Å². The largest absolute Gasteiger partial charge is 0.506 e. The smallest absolute Gasteiger partial charge is 0.287 e. The van der Waals surface area contributed by atoms with E-state index in [0.29, 0.717) is 0 Å². The van der Waals surface area contributed by atoms with Gasteiger partial charge in [-0.3, -0.25) is 4.40 Å². The first kappa shape index (κ1) is 17.4. The molecule has 0 saturated carbocycles. The Balaban J connectivity index is 2.19. The summed E-state index contributed by atoms with van der Waals surface area (Å²) in [4.78, 5) is 11.8. The fraction of sp³-hybridized carbons (Fsp3) is 0.267. The van der Waals surface area contributed by atoms with Crippen molar-refractivity contribution >= 4 is 15.9 Å². The van der Waals surface area contributed by atoms with Crippen LogP contribution < -0.4 is 0 Å². The lowest BCUT2D eigenvalue weighted by molar-refractivity contribution is 0.0127. The van der Waals surface area contributed by atoms with Gasteiger partial charge in [0.25, 0.3) is 5.92 Å². The number of nitrogens with zero attached hydrogens (tertiary/aromatic N) is 4. The number of aromatic nitrogens is 4. The van der Waals surface area contributed by atoms with Crippen molar-refractivity contribution in [3.05, 3.63) is 36.5 Å². The molecule has 1 unspecified atom stereocenters. The molecule has 3 rings (SSSR count). The fourth-order valence-electron chi connectivity index (χ4n) is 2.27. The summed E-state index contributed by atoms with van der Waals surface area (Å²) in [5.74, 6) is -3.45. The molecule has 0 saturated heterocycles. The Morgan fingerprint density at radius 1 is 1.32 bits per heavy atom. The Hall–Kier alpha value is -2.46. The number of hydrogen-bond acceptors (Lipinski definition) is 5. The van der Waals surface area contributed by atoms with E-state index in [1.165, 1.54) is 23.8 Å². The number of aromatic hydroxyl groups is 1. The molecule has 0 bridgehead atoms. The highest BCUT2D eigenvalue weighted by molar-refractivity contribution is 7.97. The maximum atomic E-state index is 13.4. The Bertz CT molecular complexity index is 1000. The van der Waals surface area contributed by atoms with Crippen LogP contribution in [-0.2, 0) is 20.3 Å². The van der Waals surface area contributed by atoms with E-state index in [0.717, 1.165) is 25.3 Å². The Morgan fingerprint density at radius 3 is 2.68 bits per heavy atom. The summed E-state index contributed by atoms with van der Waals surface area (Å²) in [5.41, 5.74) is 0.0723. The van der Waals surface area contributed by atoms with E-state index in [-0.39, 0.29) is 33.4 Å². The van der Waals surface area contributed by atoms with Gasteiger partial charge in [-0.2, -0.15) is 13.3 Å². The van der Waals surface area contributed by atoms with Crippen molar-refractivity contribution in [2.75, 3.05) is 5.75 Å². The number of halogens is 2. The molecule has 0 amide bonds. The molecule has 0 aliphatic carbocycles. The van der Waals surface area contributed by atoms with Crippen LogP contribution in [0.4, 0.5) is 8.78 Å². The topological polar surface area (TPSA) is 101 Å². The van der Waals surface area contributed by atoms with Crippen LogP contribution in [0.1, 0.15) is 19.5 Å². The zero-order chi connectivity index (χ0) is 18.4. The van der Waals surface area contributed by atoms with Crippen LogP contribution in [0, 0.1) is 0 Å². The van der Waals surface area contributed by atoms with E-state index in [4.69, 9.17) is 0 Å². The lowest BCUT2D eigenvalue weighted by atomic mass is 10.2. The molecule has 3 aromatic rings. The van der Waals surface area contributed by atoms with Gasteiger partial charge in [-0.1, -0.05) is 4.21 Å². The van der Waals surface area contributed by atoms with Crippen molar-refractivity contribution in [3.8, 4) is 17.1 Å². The van der Waals surface area contributed by atoms with E-state index in [9.17, 15) is 22.6 Å². The zero-order valence-electron chi connectivity index (χ0n) is 13.3. The van der Waals surface area contributed by atoms with Crippen LogP contribution in [0.2, 0.25) is 0 Å². The quantitative estimate of drug-likeness (QED) is 0.686. The molecule has 0 spiro atoms. The van der Waals surface area contributed by atoms with Crippen molar-refractivity contribution in [1.29, 1.82) is 0 Å². The molecule has 0 radical (unpaired) electrons. The van der Waals surface area contributed by atoms with Crippen molar-refractivity contribution in [2.24, 2.45) is 0 Å². The lowest BCUT2D eigenvalue weighted by Gasteiger charge is -2.08. The second kappa shape index (κ2) is 5.81. The monoisotopic (exact) mass is 369 g/mol. The van der Waals surface area contributed by atoms with Gasteiger partial charge in [-0.25, -0.2) is 15.0 Å². The summed E-state index contributed by atoms with van der Waals surface area (Å²) in [7, 11) is -3.43. The highest BCUT2D eigenvalue weighted by Crippen LogP contribution is 2.31. The Kier molecular flexibility index (Phi) is 4.04. The van der Waals surface area contributed by atoms with Gasteiger partial charge in [0.05, 0.1) is 6.20 Å². The van der Waals surface area contributed by atoms with E-state index in [1.54, 1.807) is 0 Å². The van der Waals surface area contributed by atoms with E-state index >= 15 is 0 Å². The maximum absolute atomic E-state index is 13.4. The molecule has 0 aliphatic heterocycles. The van der Waals surface area contributed by atoms with Crippen LogP contribution in [0.5, 0.6) is 5.75 Å². The first-order valence-electron chi connectivity index (χ1n) is 7.28. The minimum atomic E-state index is -3.43. The van der Waals surface area contributed by atoms with E-state index in [1.807, 2.05) is 0 Å². The van der Waals surface area contributed by atoms with Crippen LogP contribution in [0.25, 0.3) is 17.0 Å². The average Bonchev–Trinajstić information content (AvgIpc) is 2.96. The van der Waals surface area contributed by atoms with Gasteiger partial charge >= 0.3 is 0 Å². The number of alkyl halides is 2. The maximum Gasteiger partial charge on any atom is 0.287 e.